The Morgan fingerprint density at radius 2 is 1.91 bits per heavy atom. The van der Waals surface area contributed by atoms with E-state index in [-0.39, 0.29) is 47.1 Å². The van der Waals surface area contributed by atoms with Crippen molar-refractivity contribution in [3.8, 4) is 0 Å². The van der Waals surface area contributed by atoms with Crippen molar-refractivity contribution in [1.82, 2.24) is 4.57 Å². The minimum Gasteiger partial charge on any atom is -0.465 e. The van der Waals surface area contributed by atoms with E-state index >= 15 is 0 Å². The summed E-state index contributed by atoms with van der Waals surface area (Å²) in [6.45, 7) is 1.62. The van der Waals surface area contributed by atoms with Crippen LogP contribution in [0.15, 0.2) is 58.4 Å². The van der Waals surface area contributed by atoms with E-state index in [4.69, 9.17) is 4.74 Å². The van der Waals surface area contributed by atoms with E-state index < -0.39 is 26.6 Å². The number of rotatable bonds is 9. The summed E-state index contributed by atoms with van der Waals surface area (Å²) in [6, 6.07) is 12.1. The smallest absolute Gasteiger partial charge is 0.326 e. The van der Waals surface area contributed by atoms with Crippen LogP contribution in [-0.2, 0) is 30.7 Å². The van der Waals surface area contributed by atoms with Gasteiger partial charge in [-0.15, -0.1) is 0 Å². The number of benzene rings is 2. The minimum absolute atomic E-state index is 0.0772. The number of nitrogens with zero attached hydrogens (tertiary/aromatic N) is 3. The molecule has 0 spiro atoms. The van der Waals surface area contributed by atoms with Gasteiger partial charge in [-0.25, -0.2) is 8.42 Å². The highest BCUT2D eigenvalue weighted by Crippen LogP contribution is 2.23. The van der Waals surface area contributed by atoms with E-state index in [1.165, 1.54) is 34.9 Å². The molecule has 12 heteroatoms. The number of non-ortho nitro benzene ring substituents is 1. The monoisotopic (exact) mass is 491 g/mol. The van der Waals surface area contributed by atoms with Crippen LogP contribution >= 0.6 is 11.3 Å². The number of aromatic nitrogens is 1. The second-order valence-electron chi connectivity index (χ2n) is 6.93. The third-order valence-corrected chi connectivity index (χ3v) is 7.45. The highest BCUT2D eigenvalue weighted by molar-refractivity contribution is 7.91. The van der Waals surface area contributed by atoms with Gasteiger partial charge < -0.3 is 9.30 Å². The molecule has 3 rings (SSSR count). The van der Waals surface area contributed by atoms with Gasteiger partial charge in [0.25, 0.3) is 5.69 Å². The molecule has 0 unspecified atom stereocenters. The Hall–Kier alpha value is -3.38. The first-order chi connectivity index (χ1) is 15.7. The summed E-state index contributed by atoms with van der Waals surface area (Å²) in [5, 5.41) is 11.1. The summed E-state index contributed by atoms with van der Waals surface area (Å²) in [5.74, 6) is -1.31. The molecule has 0 fully saturated rings. The molecule has 2 aromatic carbocycles. The molecule has 3 aromatic rings. The minimum atomic E-state index is -3.51. The number of hydrogen-bond acceptors (Lipinski definition) is 8. The Morgan fingerprint density at radius 3 is 2.58 bits per heavy atom. The maximum Gasteiger partial charge on any atom is 0.326 e. The fraction of sp³-hybridized carbons (Fsp3) is 0.286. The molecule has 0 saturated heterocycles. The lowest BCUT2D eigenvalue weighted by Gasteiger charge is -2.05. The molecule has 174 valence electrons. The SMILES string of the molecule is CCOC(=O)Cn1c(=NC(=O)CCCS(=O)(=O)c2ccccc2)sc2cc([N+](=O)[O-])ccc21. The van der Waals surface area contributed by atoms with E-state index in [0.29, 0.717) is 10.2 Å². The maximum atomic E-state index is 12.5. The zero-order valence-electron chi connectivity index (χ0n) is 17.7. The molecule has 0 N–H and O–H groups in total. The van der Waals surface area contributed by atoms with Gasteiger partial charge in [0.05, 0.1) is 32.4 Å². The van der Waals surface area contributed by atoms with Crippen LogP contribution in [0.25, 0.3) is 10.2 Å². The number of amides is 1. The lowest BCUT2D eigenvalue weighted by molar-refractivity contribution is -0.384. The summed E-state index contributed by atoms with van der Waals surface area (Å²) in [6.07, 6.45) is -0.0341. The molecular formula is C21H21N3O7S2. The second kappa shape index (κ2) is 10.5. The Balaban J connectivity index is 1.84. The number of sulfone groups is 1. The fourth-order valence-electron chi connectivity index (χ4n) is 3.07. The van der Waals surface area contributed by atoms with Crippen molar-refractivity contribution in [2.75, 3.05) is 12.4 Å². The molecule has 0 aliphatic carbocycles. The summed E-state index contributed by atoms with van der Waals surface area (Å²) in [5.41, 5.74) is 0.368. The van der Waals surface area contributed by atoms with Gasteiger partial charge in [-0.05, 0) is 31.5 Å². The molecule has 0 radical (unpaired) electrons. The quantitative estimate of drug-likeness (QED) is 0.255. The second-order valence-corrected chi connectivity index (χ2v) is 10.0. The van der Waals surface area contributed by atoms with Crippen molar-refractivity contribution in [3.05, 3.63) is 63.4 Å². The first-order valence-corrected chi connectivity index (χ1v) is 12.5. The molecular weight excluding hydrogens is 470 g/mol. The number of carbonyl (C=O) groups excluding carboxylic acids is 2. The topological polar surface area (TPSA) is 138 Å². The van der Waals surface area contributed by atoms with Gasteiger partial charge in [0.2, 0.25) is 5.91 Å². The zero-order valence-corrected chi connectivity index (χ0v) is 19.3. The van der Waals surface area contributed by atoms with Crippen molar-refractivity contribution < 1.29 is 27.7 Å². The molecule has 1 heterocycles. The molecule has 0 aliphatic heterocycles. The fourth-order valence-corrected chi connectivity index (χ4v) is 5.48. The zero-order chi connectivity index (χ0) is 24.0. The number of ether oxygens (including phenoxy) is 1. The van der Waals surface area contributed by atoms with Gasteiger partial charge in [-0.2, -0.15) is 4.99 Å². The van der Waals surface area contributed by atoms with E-state index in [1.54, 1.807) is 25.1 Å². The predicted octanol–water partition coefficient (Wildman–Crippen LogP) is 2.86. The van der Waals surface area contributed by atoms with E-state index in [2.05, 4.69) is 4.99 Å². The lowest BCUT2D eigenvalue weighted by atomic mass is 10.3. The van der Waals surface area contributed by atoms with Gasteiger partial charge in [0, 0.05) is 18.6 Å². The average Bonchev–Trinajstić information content (AvgIpc) is 3.10. The Bertz CT molecular complexity index is 1360. The molecule has 33 heavy (non-hydrogen) atoms. The van der Waals surface area contributed by atoms with Crippen molar-refractivity contribution in [2.24, 2.45) is 4.99 Å². The predicted molar refractivity (Wildman–Crippen MR) is 121 cm³/mol. The van der Waals surface area contributed by atoms with Gasteiger partial charge >= 0.3 is 5.97 Å². The van der Waals surface area contributed by atoms with Crippen LogP contribution in [-0.4, -0.2) is 42.1 Å². The molecule has 0 atom stereocenters. The Morgan fingerprint density at radius 1 is 1.18 bits per heavy atom. The van der Waals surface area contributed by atoms with Crippen molar-refractivity contribution in [2.45, 2.75) is 31.2 Å². The molecule has 1 aromatic heterocycles. The van der Waals surface area contributed by atoms with Gasteiger partial charge in [-0.1, -0.05) is 29.5 Å². The van der Waals surface area contributed by atoms with Crippen LogP contribution in [0.2, 0.25) is 0 Å². The number of thiazole rings is 1. The molecule has 0 saturated carbocycles. The van der Waals surface area contributed by atoms with Crippen molar-refractivity contribution in [3.63, 3.8) is 0 Å². The van der Waals surface area contributed by atoms with E-state index in [1.807, 2.05) is 0 Å². The number of hydrogen-bond donors (Lipinski definition) is 0. The normalized spacial score (nSPS) is 12.1. The summed E-state index contributed by atoms with van der Waals surface area (Å²) < 4.78 is 31.6. The van der Waals surface area contributed by atoms with Gasteiger partial charge in [0.15, 0.2) is 14.6 Å². The van der Waals surface area contributed by atoms with Crippen LogP contribution < -0.4 is 4.80 Å². The maximum absolute atomic E-state index is 12.5. The number of nitro groups is 1. The van der Waals surface area contributed by atoms with E-state index in [0.717, 1.165) is 11.3 Å². The molecule has 1 amide bonds. The van der Waals surface area contributed by atoms with Crippen LogP contribution in [0.3, 0.4) is 0 Å². The first-order valence-electron chi connectivity index (χ1n) is 10.00. The van der Waals surface area contributed by atoms with Gasteiger partial charge in [0.1, 0.15) is 6.54 Å². The standard InChI is InChI=1S/C21H21N3O7S2/c1-2-31-20(26)14-23-17-11-10-15(24(27)28)13-18(17)32-21(23)22-19(25)9-6-12-33(29,30)16-7-4-3-5-8-16/h3-5,7-8,10-11,13H,2,6,9,12,14H2,1H3. The summed E-state index contributed by atoms with van der Waals surface area (Å²) in [4.78, 5) is 39.5. The number of carbonyl (C=O) groups is 2. The van der Waals surface area contributed by atoms with E-state index in [9.17, 15) is 28.1 Å². The van der Waals surface area contributed by atoms with Crippen LogP contribution in [0.5, 0.6) is 0 Å². The van der Waals surface area contributed by atoms with Gasteiger partial charge in [-0.3, -0.25) is 19.7 Å². The molecule has 10 nitrogen and oxygen atoms in total. The molecule has 0 bridgehead atoms. The average molecular weight is 492 g/mol. The number of fused-ring (bicyclic) bond motifs is 1. The van der Waals surface area contributed by atoms with Crippen molar-refractivity contribution >= 4 is 49.0 Å². The highest BCUT2D eigenvalue weighted by Gasteiger charge is 2.17. The number of esters is 1. The Labute approximate surface area is 193 Å². The third-order valence-electron chi connectivity index (χ3n) is 4.60. The third kappa shape index (κ3) is 6.11. The Kier molecular flexibility index (Phi) is 7.71. The largest absolute Gasteiger partial charge is 0.465 e. The summed E-state index contributed by atoms with van der Waals surface area (Å²) >= 11 is 1.02. The lowest BCUT2D eigenvalue weighted by Crippen LogP contribution is -2.23. The van der Waals surface area contributed by atoms with Crippen LogP contribution in [0, 0.1) is 10.1 Å². The van der Waals surface area contributed by atoms with Crippen molar-refractivity contribution in [1.29, 1.82) is 0 Å². The summed E-state index contributed by atoms with van der Waals surface area (Å²) in [7, 11) is -3.51. The molecule has 0 aliphatic rings. The van der Waals surface area contributed by atoms with Crippen LogP contribution in [0.4, 0.5) is 5.69 Å². The first kappa shape index (κ1) is 24.3. The number of nitro benzene ring substituents is 1. The van der Waals surface area contributed by atoms with Crippen LogP contribution in [0.1, 0.15) is 19.8 Å². The highest BCUT2D eigenvalue weighted by atomic mass is 32.2.